The van der Waals surface area contributed by atoms with Gasteiger partial charge in [0.1, 0.15) is 12.3 Å². The number of benzene rings is 1. The van der Waals surface area contributed by atoms with Gasteiger partial charge in [0.25, 0.3) is 0 Å². The van der Waals surface area contributed by atoms with Crippen molar-refractivity contribution in [3.63, 3.8) is 0 Å². The fraction of sp³-hybridized carbons (Fsp3) is 0.250. The van der Waals surface area contributed by atoms with Crippen molar-refractivity contribution in [2.45, 2.75) is 13.1 Å². The molecule has 16 heavy (non-hydrogen) atoms. The number of hydrogen-bond acceptors (Lipinski definition) is 2. The molecule has 0 spiro atoms. The van der Waals surface area contributed by atoms with E-state index in [0.29, 0.717) is 13.1 Å². The number of ether oxygens (including phenoxy) is 1. The van der Waals surface area contributed by atoms with E-state index in [9.17, 15) is 4.79 Å². The molecule has 0 atom stereocenters. The summed E-state index contributed by atoms with van der Waals surface area (Å²) in [5, 5.41) is 3.95. The summed E-state index contributed by atoms with van der Waals surface area (Å²) in [4.78, 5) is 11.3. The highest BCUT2D eigenvalue weighted by atomic mass is 16.5. The highest BCUT2D eigenvalue weighted by Crippen LogP contribution is 2.25. The number of nitrogens with one attached hydrogen (secondary N) is 1. The van der Waals surface area contributed by atoms with Crippen LogP contribution in [0, 0.1) is 0 Å². The van der Waals surface area contributed by atoms with E-state index in [-0.39, 0.29) is 5.91 Å². The maximum Gasteiger partial charge on any atom is 0.240 e. The Morgan fingerprint density at radius 3 is 3.06 bits per heavy atom. The van der Waals surface area contributed by atoms with Gasteiger partial charge in [-0.25, -0.2) is 0 Å². The summed E-state index contributed by atoms with van der Waals surface area (Å²) in [5.74, 6) is 0.913. The van der Waals surface area contributed by atoms with Crippen molar-refractivity contribution < 1.29 is 9.53 Å². The van der Waals surface area contributed by atoms with Crippen LogP contribution in [0.15, 0.2) is 24.3 Å². The number of rotatable bonds is 1. The molecule has 82 valence electrons. The number of carbonyl (C=O) groups excluding carboxylic acids is 1. The summed E-state index contributed by atoms with van der Waals surface area (Å²) >= 11 is 0. The standard InChI is InChI=1S/C12H12N2O2/c1-16-10-2-3-11-8(5-10)4-9-6-13-12(15)7-14(9)11/h2-5H,6-7H2,1H3,(H,13,15). The maximum atomic E-state index is 11.3. The largest absolute Gasteiger partial charge is 0.497 e. The minimum Gasteiger partial charge on any atom is -0.497 e. The second-order valence-corrected chi connectivity index (χ2v) is 3.92. The third kappa shape index (κ3) is 1.26. The van der Waals surface area contributed by atoms with Crippen LogP contribution < -0.4 is 10.1 Å². The van der Waals surface area contributed by atoms with Crippen LogP contribution in [0.4, 0.5) is 0 Å². The summed E-state index contributed by atoms with van der Waals surface area (Å²) in [6, 6.07) is 8.00. The quantitative estimate of drug-likeness (QED) is 0.780. The van der Waals surface area contributed by atoms with E-state index in [1.165, 1.54) is 0 Å². The SMILES string of the molecule is COc1ccc2c(c1)cc1n2CC(=O)NC1. The van der Waals surface area contributed by atoms with Gasteiger partial charge in [0.2, 0.25) is 5.91 Å². The molecule has 1 aliphatic rings. The second-order valence-electron chi connectivity index (χ2n) is 3.92. The molecule has 4 heteroatoms. The minimum atomic E-state index is 0.0702. The molecule has 1 amide bonds. The summed E-state index contributed by atoms with van der Waals surface area (Å²) in [6.07, 6.45) is 0. The Labute approximate surface area is 92.8 Å². The lowest BCUT2D eigenvalue weighted by Crippen LogP contribution is -2.33. The third-order valence-electron chi connectivity index (χ3n) is 2.96. The Morgan fingerprint density at radius 2 is 2.25 bits per heavy atom. The fourth-order valence-corrected chi connectivity index (χ4v) is 2.15. The van der Waals surface area contributed by atoms with E-state index in [1.54, 1.807) is 7.11 Å². The normalized spacial score (nSPS) is 14.7. The smallest absolute Gasteiger partial charge is 0.240 e. The highest BCUT2D eigenvalue weighted by Gasteiger charge is 2.17. The molecule has 1 N–H and O–H groups in total. The van der Waals surface area contributed by atoms with Crippen LogP contribution in [0.25, 0.3) is 10.9 Å². The number of fused-ring (bicyclic) bond motifs is 3. The lowest BCUT2D eigenvalue weighted by atomic mass is 10.2. The van der Waals surface area contributed by atoms with Crippen LogP contribution >= 0.6 is 0 Å². The van der Waals surface area contributed by atoms with Crippen LogP contribution in [-0.4, -0.2) is 17.6 Å². The second kappa shape index (κ2) is 3.27. The Morgan fingerprint density at radius 1 is 1.38 bits per heavy atom. The van der Waals surface area contributed by atoms with Gasteiger partial charge in [0.05, 0.1) is 13.7 Å². The molecule has 0 bridgehead atoms. The monoisotopic (exact) mass is 216 g/mol. The average Bonchev–Trinajstić information content (AvgIpc) is 2.66. The number of nitrogens with zero attached hydrogens (tertiary/aromatic N) is 1. The number of aromatic nitrogens is 1. The van der Waals surface area contributed by atoms with E-state index in [2.05, 4.69) is 11.4 Å². The molecule has 1 aromatic carbocycles. The van der Waals surface area contributed by atoms with Crippen molar-refractivity contribution in [2.75, 3.05) is 7.11 Å². The van der Waals surface area contributed by atoms with Gasteiger partial charge >= 0.3 is 0 Å². The van der Waals surface area contributed by atoms with Crippen molar-refractivity contribution in [1.82, 2.24) is 9.88 Å². The molecule has 0 unspecified atom stereocenters. The number of amides is 1. The van der Waals surface area contributed by atoms with Crippen LogP contribution in [-0.2, 0) is 17.9 Å². The molecule has 0 fully saturated rings. The maximum absolute atomic E-state index is 11.3. The zero-order chi connectivity index (χ0) is 11.1. The zero-order valence-corrected chi connectivity index (χ0v) is 8.99. The van der Waals surface area contributed by atoms with Crippen molar-refractivity contribution in [3.8, 4) is 5.75 Å². The van der Waals surface area contributed by atoms with Crippen molar-refractivity contribution >= 4 is 16.8 Å². The summed E-state index contributed by atoms with van der Waals surface area (Å²) in [7, 11) is 1.65. The topological polar surface area (TPSA) is 43.3 Å². The predicted molar refractivity (Wildman–Crippen MR) is 60.3 cm³/mol. The Hall–Kier alpha value is -1.97. The van der Waals surface area contributed by atoms with E-state index < -0.39 is 0 Å². The van der Waals surface area contributed by atoms with E-state index in [4.69, 9.17) is 4.74 Å². The third-order valence-corrected chi connectivity index (χ3v) is 2.96. The summed E-state index contributed by atoms with van der Waals surface area (Å²) in [6.45, 7) is 1.01. The first-order valence-electron chi connectivity index (χ1n) is 5.21. The summed E-state index contributed by atoms with van der Waals surface area (Å²) < 4.78 is 7.23. The molecule has 1 aliphatic heterocycles. The van der Waals surface area contributed by atoms with Crippen molar-refractivity contribution in [2.24, 2.45) is 0 Å². The molecule has 4 nitrogen and oxygen atoms in total. The molecule has 2 heterocycles. The van der Waals surface area contributed by atoms with Gasteiger partial charge in [-0.15, -0.1) is 0 Å². The molecular formula is C12H12N2O2. The Bertz CT molecular complexity index is 572. The number of carbonyl (C=O) groups is 1. The van der Waals surface area contributed by atoms with Crippen LogP contribution in [0.5, 0.6) is 5.75 Å². The van der Waals surface area contributed by atoms with Gasteiger partial charge in [-0.05, 0) is 24.3 Å². The lowest BCUT2D eigenvalue weighted by molar-refractivity contribution is -0.122. The molecule has 0 saturated carbocycles. The van der Waals surface area contributed by atoms with E-state index in [1.807, 2.05) is 22.8 Å². The first-order chi connectivity index (χ1) is 7.78. The van der Waals surface area contributed by atoms with E-state index in [0.717, 1.165) is 22.3 Å². The van der Waals surface area contributed by atoms with Crippen molar-refractivity contribution in [3.05, 3.63) is 30.0 Å². The van der Waals surface area contributed by atoms with Gasteiger partial charge in [-0.3, -0.25) is 4.79 Å². The predicted octanol–water partition coefficient (Wildman–Crippen LogP) is 1.28. The summed E-state index contributed by atoms with van der Waals surface area (Å²) in [5.41, 5.74) is 2.23. The lowest BCUT2D eigenvalue weighted by Gasteiger charge is -2.16. The fourth-order valence-electron chi connectivity index (χ4n) is 2.15. The van der Waals surface area contributed by atoms with Gasteiger partial charge in [0, 0.05) is 16.6 Å². The van der Waals surface area contributed by atoms with Gasteiger partial charge < -0.3 is 14.6 Å². The van der Waals surface area contributed by atoms with E-state index >= 15 is 0 Å². The molecule has 0 radical (unpaired) electrons. The Balaban J connectivity index is 2.21. The molecule has 2 aromatic rings. The van der Waals surface area contributed by atoms with Gasteiger partial charge in [0.15, 0.2) is 0 Å². The van der Waals surface area contributed by atoms with Crippen LogP contribution in [0.1, 0.15) is 5.69 Å². The van der Waals surface area contributed by atoms with Crippen LogP contribution in [0.3, 0.4) is 0 Å². The Kier molecular flexibility index (Phi) is 1.89. The van der Waals surface area contributed by atoms with Crippen LogP contribution in [0.2, 0.25) is 0 Å². The number of methoxy groups -OCH3 is 1. The van der Waals surface area contributed by atoms with Gasteiger partial charge in [-0.2, -0.15) is 0 Å². The molecule has 3 rings (SSSR count). The number of hydrogen-bond donors (Lipinski definition) is 1. The highest BCUT2D eigenvalue weighted by molar-refractivity contribution is 5.86. The molecule has 1 aromatic heterocycles. The molecule has 0 aliphatic carbocycles. The first-order valence-corrected chi connectivity index (χ1v) is 5.21. The van der Waals surface area contributed by atoms with Crippen molar-refractivity contribution in [1.29, 1.82) is 0 Å². The minimum absolute atomic E-state index is 0.0702. The van der Waals surface area contributed by atoms with Gasteiger partial charge in [-0.1, -0.05) is 0 Å². The first kappa shape index (κ1) is 9.27. The molecule has 0 saturated heterocycles. The zero-order valence-electron chi connectivity index (χ0n) is 8.99. The average molecular weight is 216 g/mol. The molecular weight excluding hydrogens is 204 g/mol.